The molecule has 1 aliphatic carbocycles. The fourth-order valence-corrected chi connectivity index (χ4v) is 2.54. The summed E-state index contributed by atoms with van der Waals surface area (Å²) in [6, 6.07) is 6.01. The number of non-ortho nitro benzene ring substituents is 1. The van der Waals surface area contributed by atoms with Crippen LogP contribution in [0.15, 0.2) is 24.3 Å². The van der Waals surface area contributed by atoms with Gasteiger partial charge in [0.05, 0.1) is 11.0 Å². The number of nitrogens with one attached hydrogen (secondary N) is 1. The van der Waals surface area contributed by atoms with Crippen LogP contribution < -0.4 is 5.32 Å². The summed E-state index contributed by atoms with van der Waals surface area (Å²) in [5, 5.41) is 14.0. The van der Waals surface area contributed by atoms with E-state index in [2.05, 4.69) is 5.32 Å². The summed E-state index contributed by atoms with van der Waals surface area (Å²) in [5.74, 6) is -0.0874. The molecule has 0 aromatic heterocycles. The lowest BCUT2D eigenvalue weighted by Gasteiger charge is -2.18. The van der Waals surface area contributed by atoms with Crippen LogP contribution in [0.3, 0.4) is 0 Å². The van der Waals surface area contributed by atoms with Crippen LogP contribution in [-0.4, -0.2) is 22.8 Å². The van der Waals surface area contributed by atoms with E-state index >= 15 is 0 Å². The smallest absolute Gasteiger partial charge is 0.270 e. The fraction of sp³-hybridized carbons (Fsp3) is 0.500. The van der Waals surface area contributed by atoms with E-state index in [4.69, 9.17) is 0 Å². The zero-order valence-electron chi connectivity index (χ0n) is 11.4. The summed E-state index contributed by atoms with van der Waals surface area (Å²) in [6.07, 6.45) is 4.61. The number of hydrogen-bond acceptors (Lipinski definition) is 4. The molecule has 0 heterocycles. The Hall–Kier alpha value is -1.46. The molecule has 1 saturated carbocycles. The molecule has 0 aliphatic heterocycles. The minimum absolute atomic E-state index is 0. The van der Waals surface area contributed by atoms with Gasteiger partial charge in [0.25, 0.3) is 5.69 Å². The van der Waals surface area contributed by atoms with E-state index in [9.17, 15) is 14.9 Å². The third-order valence-electron chi connectivity index (χ3n) is 3.58. The van der Waals surface area contributed by atoms with Gasteiger partial charge in [-0.1, -0.05) is 25.0 Å². The van der Waals surface area contributed by atoms with E-state index in [0.717, 1.165) is 12.8 Å². The van der Waals surface area contributed by atoms with Crippen molar-refractivity contribution in [3.63, 3.8) is 0 Å². The lowest BCUT2D eigenvalue weighted by Crippen LogP contribution is -2.40. The molecular weight excluding hydrogens is 280 g/mol. The molecule has 5 nitrogen and oxygen atoms in total. The maximum Gasteiger partial charge on any atom is 0.270 e. The van der Waals surface area contributed by atoms with Crippen molar-refractivity contribution in [3.05, 3.63) is 39.9 Å². The zero-order chi connectivity index (χ0) is 13.8. The molecule has 110 valence electrons. The Kier molecular flexibility index (Phi) is 6.10. The molecule has 0 amide bonds. The highest BCUT2D eigenvalue weighted by Crippen LogP contribution is 2.19. The normalized spacial score (nSPS) is 16.4. The van der Waals surface area contributed by atoms with Gasteiger partial charge in [-0.2, -0.15) is 0 Å². The van der Waals surface area contributed by atoms with E-state index in [-0.39, 0.29) is 29.9 Å². The van der Waals surface area contributed by atoms with Crippen molar-refractivity contribution >= 4 is 23.9 Å². The Balaban J connectivity index is 0.00000200. The second-order valence-corrected chi connectivity index (χ2v) is 5.04. The topological polar surface area (TPSA) is 72.2 Å². The molecule has 1 atom stereocenters. The molecule has 6 heteroatoms. The molecule has 0 saturated heterocycles. The molecule has 20 heavy (non-hydrogen) atoms. The second-order valence-electron chi connectivity index (χ2n) is 5.04. The Labute approximate surface area is 124 Å². The number of nitro groups is 1. The quantitative estimate of drug-likeness (QED) is 0.515. The summed E-state index contributed by atoms with van der Waals surface area (Å²) in [4.78, 5) is 22.4. The first-order valence-corrected chi connectivity index (χ1v) is 6.62. The largest absolute Gasteiger partial charge is 0.305 e. The third kappa shape index (κ3) is 4.02. The van der Waals surface area contributed by atoms with Crippen molar-refractivity contribution in [2.75, 3.05) is 0 Å². The number of nitrogens with zero attached hydrogens (tertiary/aromatic N) is 1. The first-order valence-electron chi connectivity index (χ1n) is 6.62. The van der Waals surface area contributed by atoms with Crippen molar-refractivity contribution in [2.24, 2.45) is 0 Å². The number of nitro benzene ring substituents is 1. The minimum Gasteiger partial charge on any atom is -0.305 e. The van der Waals surface area contributed by atoms with Gasteiger partial charge in [0, 0.05) is 23.7 Å². The van der Waals surface area contributed by atoms with Crippen LogP contribution in [0.4, 0.5) is 5.69 Å². The number of benzene rings is 1. The van der Waals surface area contributed by atoms with Gasteiger partial charge in [0.15, 0.2) is 5.78 Å². The molecule has 1 N–H and O–H groups in total. The molecule has 1 aromatic carbocycles. The molecule has 1 fully saturated rings. The average Bonchev–Trinajstić information content (AvgIpc) is 2.90. The maximum absolute atomic E-state index is 12.2. The molecule has 1 unspecified atom stereocenters. The molecule has 0 spiro atoms. The summed E-state index contributed by atoms with van der Waals surface area (Å²) < 4.78 is 0. The lowest BCUT2D eigenvalue weighted by atomic mass is 10.0. The van der Waals surface area contributed by atoms with Crippen LogP contribution in [0.5, 0.6) is 0 Å². The van der Waals surface area contributed by atoms with Gasteiger partial charge in [-0.05, 0) is 19.8 Å². The molecule has 1 aromatic rings. The average molecular weight is 299 g/mol. The van der Waals surface area contributed by atoms with Gasteiger partial charge in [-0.15, -0.1) is 12.4 Å². The molecule has 1 aliphatic rings. The van der Waals surface area contributed by atoms with E-state index < -0.39 is 4.92 Å². The Morgan fingerprint density at radius 3 is 2.65 bits per heavy atom. The van der Waals surface area contributed by atoms with Crippen LogP contribution in [0.25, 0.3) is 0 Å². The Morgan fingerprint density at radius 2 is 2.05 bits per heavy atom. The van der Waals surface area contributed by atoms with Crippen molar-refractivity contribution in [2.45, 2.75) is 44.7 Å². The van der Waals surface area contributed by atoms with Gasteiger partial charge in [-0.3, -0.25) is 14.9 Å². The molecule has 0 radical (unpaired) electrons. The fourth-order valence-electron chi connectivity index (χ4n) is 2.54. The van der Waals surface area contributed by atoms with Crippen molar-refractivity contribution in [1.82, 2.24) is 5.32 Å². The van der Waals surface area contributed by atoms with Crippen LogP contribution in [0, 0.1) is 10.1 Å². The Morgan fingerprint density at radius 1 is 1.40 bits per heavy atom. The first-order chi connectivity index (χ1) is 9.08. The van der Waals surface area contributed by atoms with E-state index in [1.807, 2.05) is 6.92 Å². The predicted octanol–water partition coefficient (Wildman–Crippen LogP) is 3.12. The van der Waals surface area contributed by atoms with Crippen molar-refractivity contribution in [3.8, 4) is 0 Å². The van der Waals surface area contributed by atoms with Gasteiger partial charge in [-0.25, -0.2) is 0 Å². The van der Waals surface area contributed by atoms with Crippen molar-refractivity contribution in [1.29, 1.82) is 0 Å². The number of carbonyl (C=O) groups is 1. The maximum atomic E-state index is 12.2. The van der Waals surface area contributed by atoms with E-state index in [0.29, 0.717) is 11.6 Å². The monoisotopic (exact) mass is 298 g/mol. The SMILES string of the molecule is CC(NC1CCCC1)C(=O)c1cccc([N+](=O)[O-])c1.Cl. The number of rotatable bonds is 5. The van der Waals surface area contributed by atoms with Gasteiger partial charge in [0.2, 0.25) is 0 Å². The molecule has 2 rings (SSSR count). The van der Waals surface area contributed by atoms with Crippen LogP contribution >= 0.6 is 12.4 Å². The predicted molar refractivity (Wildman–Crippen MR) is 79.5 cm³/mol. The summed E-state index contributed by atoms with van der Waals surface area (Å²) in [7, 11) is 0. The lowest BCUT2D eigenvalue weighted by molar-refractivity contribution is -0.384. The highest BCUT2D eigenvalue weighted by atomic mass is 35.5. The standard InChI is InChI=1S/C14H18N2O3.ClH/c1-10(15-12-6-2-3-7-12)14(17)11-5-4-8-13(9-11)16(18)19;/h4-5,8-10,12,15H,2-3,6-7H2,1H3;1H. The molecule has 0 bridgehead atoms. The van der Waals surface area contributed by atoms with Gasteiger partial charge < -0.3 is 5.32 Å². The third-order valence-corrected chi connectivity index (χ3v) is 3.58. The number of hydrogen-bond donors (Lipinski definition) is 1. The second kappa shape index (κ2) is 7.36. The van der Waals surface area contributed by atoms with E-state index in [1.54, 1.807) is 12.1 Å². The summed E-state index contributed by atoms with van der Waals surface area (Å²) >= 11 is 0. The summed E-state index contributed by atoms with van der Waals surface area (Å²) in [6.45, 7) is 1.82. The highest BCUT2D eigenvalue weighted by molar-refractivity contribution is 6.00. The van der Waals surface area contributed by atoms with Gasteiger partial charge >= 0.3 is 0 Å². The Bertz CT molecular complexity index is 487. The van der Waals surface area contributed by atoms with Crippen LogP contribution in [-0.2, 0) is 0 Å². The molecular formula is C14H19ClN2O3. The summed E-state index contributed by atoms with van der Waals surface area (Å²) in [5.41, 5.74) is 0.353. The minimum atomic E-state index is -0.480. The number of Topliss-reactive ketones (excluding diaryl/α,β-unsaturated/α-hetero) is 1. The number of carbonyl (C=O) groups excluding carboxylic acids is 1. The van der Waals surface area contributed by atoms with Crippen molar-refractivity contribution < 1.29 is 9.72 Å². The number of halogens is 1. The number of ketones is 1. The first kappa shape index (κ1) is 16.6. The zero-order valence-corrected chi connectivity index (χ0v) is 12.2. The van der Waals surface area contributed by atoms with Crippen LogP contribution in [0.2, 0.25) is 0 Å². The van der Waals surface area contributed by atoms with Gasteiger partial charge in [0.1, 0.15) is 0 Å². The highest BCUT2D eigenvalue weighted by Gasteiger charge is 2.22. The van der Waals surface area contributed by atoms with Crippen LogP contribution in [0.1, 0.15) is 43.0 Å². The van der Waals surface area contributed by atoms with E-state index in [1.165, 1.54) is 25.0 Å².